The number of carbonyl (C=O) groups excluding carboxylic acids is 1. The molecular weight excluding hydrogens is 357 g/mol. The van der Waals surface area contributed by atoms with E-state index in [2.05, 4.69) is 38.0 Å². The van der Waals surface area contributed by atoms with E-state index in [0.29, 0.717) is 32.1 Å². The number of amides is 1. The van der Waals surface area contributed by atoms with Crippen LogP contribution in [0, 0.1) is 5.82 Å². The molecule has 148 valence electrons. The highest BCUT2D eigenvalue weighted by molar-refractivity contribution is 5.82. The Labute approximate surface area is 164 Å². The van der Waals surface area contributed by atoms with E-state index in [0.717, 1.165) is 29.8 Å². The molecule has 2 aromatic rings. The number of benzene rings is 2. The van der Waals surface area contributed by atoms with Crippen molar-refractivity contribution in [2.45, 2.75) is 13.0 Å². The van der Waals surface area contributed by atoms with Gasteiger partial charge in [0.15, 0.2) is 5.96 Å². The molecule has 2 aromatic carbocycles. The number of piperazine rings is 1. The highest BCUT2D eigenvalue weighted by atomic mass is 19.1. The molecule has 6 nitrogen and oxygen atoms in total. The second-order valence-corrected chi connectivity index (χ2v) is 6.67. The summed E-state index contributed by atoms with van der Waals surface area (Å²) in [6, 6.07) is 14.8. The summed E-state index contributed by atoms with van der Waals surface area (Å²) in [5.41, 5.74) is 3.12. The molecule has 0 bridgehead atoms. The minimum Gasteiger partial charge on any atom is -0.360 e. The second-order valence-electron chi connectivity index (χ2n) is 6.67. The van der Waals surface area contributed by atoms with Crippen LogP contribution in [0.25, 0.3) is 0 Å². The molecule has 7 heteroatoms. The smallest absolute Gasteiger partial charge is 0.239 e. The molecule has 0 radical (unpaired) electrons. The van der Waals surface area contributed by atoms with Crippen molar-refractivity contribution in [2.24, 2.45) is 4.99 Å². The Morgan fingerprint density at radius 1 is 1.18 bits per heavy atom. The summed E-state index contributed by atoms with van der Waals surface area (Å²) in [6.45, 7) is 3.21. The molecule has 1 saturated heterocycles. The SMILES string of the molecule is CN=C(NCCc1cccc(F)c1)NCc1ccc(N2CCNC(=O)C2)cc1. The van der Waals surface area contributed by atoms with Crippen LogP contribution in [0.15, 0.2) is 53.5 Å². The van der Waals surface area contributed by atoms with Crippen LogP contribution in [0.5, 0.6) is 0 Å². The normalized spacial score (nSPS) is 14.6. The first-order valence-electron chi connectivity index (χ1n) is 9.43. The zero-order valence-corrected chi connectivity index (χ0v) is 16.0. The molecule has 0 saturated carbocycles. The summed E-state index contributed by atoms with van der Waals surface area (Å²) in [5, 5.41) is 9.35. The number of anilines is 1. The summed E-state index contributed by atoms with van der Waals surface area (Å²) in [4.78, 5) is 17.8. The van der Waals surface area contributed by atoms with Crippen LogP contribution in [0.2, 0.25) is 0 Å². The number of guanidine groups is 1. The van der Waals surface area contributed by atoms with Gasteiger partial charge in [0.25, 0.3) is 0 Å². The molecule has 1 fully saturated rings. The van der Waals surface area contributed by atoms with E-state index in [1.54, 1.807) is 19.2 Å². The van der Waals surface area contributed by atoms with Crippen molar-refractivity contribution in [2.75, 3.05) is 38.1 Å². The minimum absolute atomic E-state index is 0.0603. The summed E-state index contributed by atoms with van der Waals surface area (Å²) < 4.78 is 13.2. The number of rotatable bonds is 6. The Bertz CT molecular complexity index is 822. The Morgan fingerprint density at radius 2 is 2.00 bits per heavy atom. The molecule has 0 spiro atoms. The van der Waals surface area contributed by atoms with Crippen molar-refractivity contribution >= 4 is 17.6 Å². The van der Waals surface area contributed by atoms with E-state index in [4.69, 9.17) is 0 Å². The van der Waals surface area contributed by atoms with Crippen LogP contribution < -0.4 is 20.9 Å². The number of aliphatic imine (C=N–C) groups is 1. The number of hydrogen-bond donors (Lipinski definition) is 3. The summed E-state index contributed by atoms with van der Waals surface area (Å²) in [6.07, 6.45) is 0.719. The first-order valence-corrected chi connectivity index (χ1v) is 9.43. The fraction of sp³-hybridized carbons (Fsp3) is 0.333. The van der Waals surface area contributed by atoms with Crippen molar-refractivity contribution in [1.82, 2.24) is 16.0 Å². The average molecular weight is 383 g/mol. The summed E-state index contributed by atoms with van der Waals surface area (Å²) in [5.74, 6) is 0.548. The first kappa shape index (κ1) is 19.7. The lowest BCUT2D eigenvalue weighted by atomic mass is 10.1. The lowest BCUT2D eigenvalue weighted by molar-refractivity contribution is -0.120. The van der Waals surface area contributed by atoms with Gasteiger partial charge >= 0.3 is 0 Å². The zero-order valence-electron chi connectivity index (χ0n) is 16.0. The summed E-state index contributed by atoms with van der Waals surface area (Å²) in [7, 11) is 1.72. The van der Waals surface area contributed by atoms with Crippen LogP contribution >= 0.6 is 0 Å². The molecule has 28 heavy (non-hydrogen) atoms. The number of nitrogens with zero attached hydrogens (tertiary/aromatic N) is 2. The number of nitrogens with one attached hydrogen (secondary N) is 3. The van der Waals surface area contributed by atoms with Gasteiger partial charge in [0.1, 0.15) is 5.82 Å². The van der Waals surface area contributed by atoms with Gasteiger partial charge in [-0.2, -0.15) is 0 Å². The van der Waals surface area contributed by atoms with E-state index in [1.165, 1.54) is 6.07 Å². The number of carbonyl (C=O) groups is 1. The highest BCUT2D eigenvalue weighted by Crippen LogP contribution is 2.16. The molecule has 0 unspecified atom stereocenters. The topological polar surface area (TPSA) is 68.8 Å². The van der Waals surface area contributed by atoms with Gasteiger partial charge in [0.05, 0.1) is 6.54 Å². The molecule has 1 aliphatic heterocycles. The van der Waals surface area contributed by atoms with Crippen LogP contribution in [0.3, 0.4) is 0 Å². The summed E-state index contributed by atoms with van der Waals surface area (Å²) >= 11 is 0. The van der Waals surface area contributed by atoms with Gasteiger partial charge in [0.2, 0.25) is 5.91 Å². The van der Waals surface area contributed by atoms with E-state index in [-0.39, 0.29) is 11.7 Å². The average Bonchev–Trinajstić information content (AvgIpc) is 2.71. The van der Waals surface area contributed by atoms with Gasteiger partial charge in [-0.3, -0.25) is 9.79 Å². The maximum absolute atomic E-state index is 13.2. The third-order valence-electron chi connectivity index (χ3n) is 4.62. The maximum Gasteiger partial charge on any atom is 0.239 e. The monoisotopic (exact) mass is 383 g/mol. The second kappa shape index (κ2) is 9.73. The van der Waals surface area contributed by atoms with Crippen molar-refractivity contribution in [3.63, 3.8) is 0 Å². The minimum atomic E-state index is -0.214. The van der Waals surface area contributed by atoms with Crippen molar-refractivity contribution in [3.05, 3.63) is 65.5 Å². The van der Waals surface area contributed by atoms with Crippen LogP contribution in [0.4, 0.5) is 10.1 Å². The number of halogens is 1. The fourth-order valence-corrected chi connectivity index (χ4v) is 3.11. The predicted molar refractivity (Wildman–Crippen MR) is 110 cm³/mol. The lowest BCUT2D eigenvalue weighted by Crippen LogP contribution is -2.47. The third kappa shape index (κ3) is 5.70. The molecule has 0 aliphatic carbocycles. The van der Waals surface area contributed by atoms with Crippen molar-refractivity contribution in [3.8, 4) is 0 Å². The molecule has 1 amide bonds. The Morgan fingerprint density at radius 3 is 2.71 bits per heavy atom. The van der Waals surface area contributed by atoms with Gasteiger partial charge in [-0.25, -0.2) is 4.39 Å². The largest absolute Gasteiger partial charge is 0.360 e. The highest BCUT2D eigenvalue weighted by Gasteiger charge is 2.16. The number of hydrogen-bond acceptors (Lipinski definition) is 3. The molecule has 0 aromatic heterocycles. The first-order chi connectivity index (χ1) is 13.6. The van der Waals surface area contributed by atoms with E-state index in [9.17, 15) is 9.18 Å². The zero-order chi connectivity index (χ0) is 19.8. The Balaban J connectivity index is 1.45. The van der Waals surface area contributed by atoms with Gasteiger partial charge in [-0.05, 0) is 41.8 Å². The lowest BCUT2D eigenvalue weighted by Gasteiger charge is -2.28. The van der Waals surface area contributed by atoms with Gasteiger partial charge in [-0.1, -0.05) is 24.3 Å². The molecule has 1 aliphatic rings. The standard InChI is InChI=1S/C21H26FN5O/c1-23-21(25-10-9-16-3-2-4-18(22)13-16)26-14-17-5-7-19(8-6-17)27-12-11-24-20(28)15-27/h2-8,13H,9-12,14-15H2,1H3,(H,24,28)(H2,23,25,26). The van der Waals surface area contributed by atoms with Crippen LogP contribution in [-0.2, 0) is 17.8 Å². The van der Waals surface area contributed by atoms with E-state index in [1.807, 2.05) is 18.2 Å². The molecule has 3 rings (SSSR count). The van der Waals surface area contributed by atoms with Gasteiger partial charge in [0, 0.05) is 38.9 Å². The van der Waals surface area contributed by atoms with Crippen LogP contribution in [-0.4, -0.2) is 45.1 Å². The fourth-order valence-electron chi connectivity index (χ4n) is 3.11. The van der Waals surface area contributed by atoms with Crippen molar-refractivity contribution < 1.29 is 9.18 Å². The van der Waals surface area contributed by atoms with Crippen molar-refractivity contribution in [1.29, 1.82) is 0 Å². The van der Waals surface area contributed by atoms with E-state index >= 15 is 0 Å². The Hall–Kier alpha value is -3.09. The molecular formula is C21H26FN5O. The van der Waals surface area contributed by atoms with Gasteiger partial charge in [-0.15, -0.1) is 0 Å². The quantitative estimate of drug-likeness (QED) is 0.524. The molecule has 1 heterocycles. The molecule has 0 atom stereocenters. The third-order valence-corrected chi connectivity index (χ3v) is 4.62. The molecule has 3 N–H and O–H groups in total. The van der Waals surface area contributed by atoms with Gasteiger partial charge < -0.3 is 20.9 Å². The predicted octanol–water partition coefficient (Wildman–Crippen LogP) is 1.67. The van der Waals surface area contributed by atoms with E-state index < -0.39 is 0 Å². The maximum atomic E-state index is 13.2. The Kier molecular flexibility index (Phi) is 6.84. The van der Waals surface area contributed by atoms with Crippen LogP contribution in [0.1, 0.15) is 11.1 Å².